The number of sulfonamides is 1. The summed E-state index contributed by atoms with van der Waals surface area (Å²) >= 11 is 0. The Morgan fingerprint density at radius 2 is 1.90 bits per heavy atom. The Kier molecular flexibility index (Phi) is 6.09. The monoisotopic (exact) mass is 335 g/mol. The lowest BCUT2D eigenvalue weighted by atomic mass is 10.1. The number of nitrogens with one attached hydrogen (secondary N) is 1. The molecule has 7 nitrogen and oxygen atoms in total. The molecule has 1 aromatic carbocycles. The fraction of sp³-hybridized carbons (Fsp3) is 0.500. The van der Waals surface area contributed by atoms with Crippen LogP contribution in [0.15, 0.2) is 29.2 Å². The lowest BCUT2D eigenvalue weighted by molar-refractivity contribution is -0.384. The highest BCUT2D eigenvalue weighted by Gasteiger charge is 2.30. The lowest BCUT2D eigenvalue weighted by Crippen LogP contribution is -2.39. The van der Waals surface area contributed by atoms with E-state index in [0.717, 1.165) is 19.3 Å². The van der Waals surface area contributed by atoms with Gasteiger partial charge in [-0.15, -0.1) is 12.4 Å². The summed E-state index contributed by atoms with van der Waals surface area (Å²) in [5.74, 6) is 0.155. The van der Waals surface area contributed by atoms with Crippen LogP contribution in [0.3, 0.4) is 0 Å². The van der Waals surface area contributed by atoms with E-state index in [-0.39, 0.29) is 34.9 Å². The van der Waals surface area contributed by atoms with E-state index in [4.69, 9.17) is 5.73 Å². The van der Waals surface area contributed by atoms with Crippen molar-refractivity contribution >= 4 is 28.1 Å². The molecule has 2 atom stereocenters. The van der Waals surface area contributed by atoms with Gasteiger partial charge in [-0.05, 0) is 37.4 Å². The molecule has 0 aliphatic heterocycles. The van der Waals surface area contributed by atoms with Gasteiger partial charge in [-0.3, -0.25) is 10.1 Å². The number of hydrogen-bond donors (Lipinski definition) is 2. The van der Waals surface area contributed by atoms with Crippen LogP contribution in [0.5, 0.6) is 0 Å². The van der Waals surface area contributed by atoms with Gasteiger partial charge in [0.1, 0.15) is 0 Å². The summed E-state index contributed by atoms with van der Waals surface area (Å²) in [7, 11) is -3.66. The molecule has 1 aliphatic rings. The van der Waals surface area contributed by atoms with Crippen molar-refractivity contribution in [2.24, 2.45) is 11.7 Å². The minimum Gasteiger partial charge on any atom is -0.330 e. The minimum atomic E-state index is -3.66. The zero-order valence-corrected chi connectivity index (χ0v) is 12.9. The molecule has 1 saturated carbocycles. The van der Waals surface area contributed by atoms with E-state index >= 15 is 0 Å². The van der Waals surface area contributed by atoms with Gasteiger partial charge in [0.05, 0.1) is 9.82 Å². The molecule has 118 valence electrons. The summed E-state index contributed by atoms with van der Waals surface area (Å²) in [5.41, 5.74) is 5.49. The van der Waals surface area contributed by atoms with Crippen LogP contribution >= 0.6 is 12.4 Å². The molecule has 0 radical (unpaired) electrons. The van der Waals surface area contributed by atoms with E-state index in [9.17, 15) is 18.5 Å². The third kappa shape index (κ3) is 4.13. The summed E-state index contributed by atoms with van der Waals surface area (Å²) in [6.07, 6.45) is 2.65. The van der Waals surface area contributed by atoms with Gasteiger partial charge in [-0.2, -0.15) is 0 Å². The molecule has 2 unspecified atom stereocenters. The molecule has 9 heteroatoms. The van der Waals surface area contributed by atoms with E-state index in [2.05, 4.69) is 4.72 Å². The number of benzene rings is 1. The van der Waals surface area contributed by atoms with Crippen LogP contribution in [-0.2, 0) is 10.0 Å². The number of halogens is 1. The SMILES string of the molecule is Cl.NCC1CCCC1NS(=O)(=O)c1ccc([N+](=O)[O-])cc1. The molecular formula is C12H18ClN3O4S. The maximum absolute atomic E-state index is 12.2. The Morgan fingerprint density at radius 3 is 2.43 bits per heavy atom. The average Bonchev–Trinajstić information content (AvgIpc) is 2.85. The number of nitro benzene ring substituents is 1. The quantitative estimate of drug-likeness (QED) is 0.623. The second kappa shape index (κ2) is 7.17. The van der Waals surface area contributed by atoms with Crippen LogP contribution in [0.25, 0.3) is 0 Å². The molecule has 0 spiro atoms. The van der Waals surface area contributed by atoms with Crippen molar-refractivity contribution < 1.29 is 13.3 Å². The van der Waals surface area contributed by atoms with E-state index in [1.54, 1.807) is 0 Å². The maximum Gasteiger partial charge on any atom is 0.269 e. The van der Waals surface area contributed by atoms with E-state index in [1.807, 2.05) is 0 Å². The van der Waals surface area contributed by atoms with Crippen LogP contribution < -0.4 is 10.5 Å². The highest BCUT2D eigenvalue weighted by molar-refractivity contribution is 7.89. The number of rotatable bonds is 5. The summed E-state index contributed by atoms with van der Waals surface area (Å²) in [6, 6.07) is 4.70. The standard InChI is InChI=1S/C12H17N3O4S.ClH/c13-8-9-2-1-3-12(9)14-20(18,19)11-6-4-10(5-7-11)15(16)17;/h4-7,9,12,14H,1-3,8,13H2;1H. The summed E-state index contributed by atoms with van der Waals surface area (Å²) in [6.45, 7) is 0.452. The number of nitrogens with zero attached hydrogens (tertiary/aromatic N) is 1. The Morgan fingerprint density at radius 1 is 1.29 bits per heavy atom. The van der Waals surface area contributed by atoms with E-state index < -0.39 is 14.9 Å². The van der Waals surface area contributed by atoms with Crippen molar-refractivity contribution in [3.05, 3.63) is 34.4 Å². The van der Waals surface area contributed by atoms with Gasteiger partial charge in [-0.1, -0.05) is 6.42 Å². The topological polar surface area (TPSA) is 115 Å². The van der Waals surface area contributed by atoms with E-state index in [1.165, 1.54) is 24.3 Å². The third-order valence-electron chi connectivity index (χ3n) is 3.63. The maximum atomic E-state index is 12.2. The number of nitro groups is 1. The molecule has 0 amide bonds. The lowest BCUT2D eigenvalue weighted by Gasteiger charge is -2.19. The second-order valence-electron chi connectivity index (χ2n) is 4.91. The Balaban J connectivity index is 0.00000220. The first-order valence-corrected chi connectivity index (χ1v) is 7.89. The molecule has 1 aromatic rings. The van der Waals surface area contributed by atoms with Gasteiger partial charge in [0, 0.05) is 18.2 Å². The first-order valence-electron chi connectivity index (χ1n) is 6.41. The van der Waals surface area contributed by atoms with Gasteiger partial charge >= 0.3 is 0 Å². The van der Waals surface area contributed by atoms with Gasteiger partial charge in [0.15, 0.2) is 0 Å². The first kappa shape index (κ1) is 17.8. The van der Waals surface area contributed by atoms with Gasteiger partial charge in [-0.25, -0.2) is 13.1 Å². The predicted octanol–water partition coefficient (Wildman–Crippen LogP) is 1.42. The Bertz CT molecular complexity index is 591. The molecule has 0 saturated heterocycles. The van der Waals surface area contributed by atoms with Crippen molar-refractivity contribution in [3.8, 4) is 0 Å². The van der Waals surface area contributed by atoms with Crippen molar-refractivity contribution in [1.29, 1.82) is 0 Å². The summed E-state index contributed by atoms with van der Waals surface area (Å²) in [4.78, 5) is 10.0. The zero-order chi connectivity index (χ0) is 14.8. The van der Waals surface area contributed by atoms with Gasteiger partial charge in [0.2, 0.25) is 10.0 Å². The van der Waals surface area contributed by atoms with Crippen LogP contribution in [0.2, 0.25) is 0 Å². The molecule has 0 heterocycles. The summed E-state index contributed by atoms with van der Waals surface area (Å²) < 4.78 is 27.1. The largest absolute Gasteiger partial charge is 0.330 e. The van der Waals surface area contributed by atoms with Crippen LogP contribution in [0, 0.1) is 16.0 Å². The highest BCUT2D eigenvalue weighted by Crippen LogP contribution is 2.26. The molecule has 2 rings (SSSR count). The van der Waals surface area contributed by atoms with Crippen LogP contribution in [0.1, 0.15) is 19.3 Å². The fourth-order valence-electron chi connectivity index (χ4n) is 2.49. The molecule has 1 aliphatic carbocycles. The van der Waals surface area contributed by atoms with Crippen LogP contribution in [-0.4, -0.2) is 25.9 Å². The van der Waals surface area contributed by atoms with Crippen molar-refractivity contribution in [3.63, 3.8) is 0 Å². The van der Waals surface area contributed by atoms with Crippen molar-refractivity contribution in [1.82, 2.24) is 4.72 Å². The number of non-ortho nitro benzene ring substituents is 1. The highest BCUT2D eigenvalue weighted by atomic mass is 35.5. The first-order chi connectivity index (χ1) is 9.44. The number of hydrogen-bond acceptors (Lipinski definition) is 5. The smallest absolute Gasteiger partial charge is 0.269 e. The van der Waals surface area contributed by atoms with Gasteiger partial charge in [0.25, 0.3) is 5.69 Å². The Hall–Kier alpha value is -1.22. The van der Waals surface area contributed by atoms with Crippen molar-refractivity contribution in [2.45, 2.75) is 30.2 Å². The zero-order valence-electron chi connectivity index (χ0n) is 11.3. The normalized spacial score (nSPS) is 21.8. The average molecular weight is 336 g/mol. The van der Waals surface area contributed by atoms with Gasteiger partial charge < -0.3 is 5.73 Å². The molecule has 1 fully saturated rings. The molecule has 3 N–H and O–H groups in total. The number of nitrogens with two attached hydrogens (primary N) is 1. The molecule has 0 bridgehead atoms. The summed E-state index contributed by atoms with van der Waals surface area (Å²) in [5, 5.41) is 10.5. The van der Waals surface area contributed by atoms with Crippen LogP contribution in [0.4, 0.5) is 5.69 Å². The second-order valence-corrected chi connectivity index (χ2v) is 6.62. The Labute approximate surface area is 129 Å². The molecular weight excluding hydrogens is 318 g/mol. The molecule has 0 aromatic heterocycles. The minimum absolute atomic E-state index is 0. The van der Waals surface area contributed by atoms with E-state index in [0.29, 0.717) is 6.54 Å². The third-order valence-corrected chi connectivity index (χ3v) is 5.13. The van der Waals surface area contributed by atoms with Crippen molar-refractivity contribution in [2.75, 3.05) is 6.54 Å². The fourth-order valence-corrected chi connectivity index (χ4v) is 3.83. The molecule has 21 heavy (non-hydrogen) atoms. The predicted molar refractivity (Wildman–Crippen MR) is 80.8 cm³/mol.